The van der Waals surface area contributed by atoms with E-state index in [1.54, 1.807) is 0 Å². The van der Waals surface area contributed by atoms with Gasteiger partial charge in [0.05, 0.1) is 0 Å². The maximum Gasteiger partial charge on any atom is 0.0233 e. The molecule has 0 aromatic carbocycles. The van der Waals surface area contributed by atoms with Crippen LogP contribution < -0.4 is 5.32 Å². The van der Waals surface area contributed by atoms with Crippen molar-refractivity contribution >= 4 is 22.6 Å². The summed E-state index contributed by atoms with van der Waals surface area (Å²) in [7, 11) is 0. The Kier molecular flexibility index (Phi) is 5.59. The number of alkyl halides is 1. The molecule has 0 aliphatic rings. The maximum atomic E-state index is 3.24. The lowest BCUT2D eigenvalue weighted by Gasteiger charge is -2.00. The van der Waals surface area contributed by atoms with E-state index in [4.69, 9.17) is 0 Å². The van der Waals surface area contributed by atoms with Gasteiger partial charge >= 0.3 is 0 Å². The molecule has 0 radical (unpaired) electrons. The van der Waals surface area contributed by atoms with Gasteiger partial charge in [0.25, 0.3) is 0 Å². The van der Waals surface area contributed by atoms with E-state index in [2.05, 4.69) is 40.9 Å². The van der Waals surface area contributed by atoms with Crippen molar-refractivity contribution in [1.29, 1.82) is 0 Å². The summed E-state index contributed by atoms with van der Waals surface area (Å²) in [4.78, 5) is 0. The van der Waals surface area contributed by atoms with Crippen molar-refractivity contribution in [1.82, 2.24) is 5.32 Å². The predicted octanol–water partition coefficient (Wildman–Crippen LogP) is 1.93. The van der Waals surface area contributed by atoms with Gasteiger partial charge in [-0.3, -0.25) is 0 Å². The number of nitrogens with one attached hydrogen (secondary N) is 1. The number of allylic oxidation sites excluding steroid dienone is 2. The largest absolute Gasteiger partial charge is 0.388 e. The molecule has 8 heavy (non-hydrogen) atoms. The molecule has 0 fully saturated rings. The van der Waals surface area contributed by atoms with Crippen LogP contribution in [-0.4, -0.2) is 11.0 Å². The van der Waals surface area contributed by atoms with Crippen LogP contribution in [0.3, 0.4) is 0 Å². The van der Waals surface area contributed by atoms with Crippen LogP contribution >= 0.6 is 22.6 Å². The van der Waals surface area contributed by atoms with E-state index >= 15 is 0 Å². The van der Waals surface area contributed by atoms with Gasteiger partial charge in [-0.25, -0.2) is 0 Å². The zero-order valence-corrected chi connectivity index (χ0v) is 7.53. The molecule has 0 amide bonds. The quantitative estimate of drug-likeness (QED) is 0.571. The lowest BCUT2D eigenvalue weighted by atomic mass is 10.4. The number of hydrogen-bond acceptors (Lipinski definition) is 1. The van der Waals surface area contributed by atoms with Gasteiger partial charge in [-0.1, -0.05) is 28.7 Å². The Morgan fingerprint density at radius 1 is 1.75 bits per heavy atom. The Labute approximate surface area is 64.7 Å². The number of rotatable bonds is 3. The first-order valence-corrected chi connectivity index (χ1v) is 4.26. The van der Waals surface area contributed by atoms with E-state index in [1.165, 1.54) is 10.1 Å². The molecule has 0 rings (SSSR count). The molecule has 0 heterocycles. The molecule has 0 spiro atoms. The first-order valence-electron chi connectivity index (χ1n) is 2.74. The fourth-order valence-electron chi connectivity index (χ4n) is 0.346. The van der Waals surface area contributed by atoms with Crippen molar-refractivity contribution in [3.8, 4) is 0 Å². The second-order valence-electron chi connectivity index (χ2n) is 1.59. The van der Waals surface area contributed by atoms with Crippen LogP contribution in [0.15, 0.2) is 11.8 Å². The molecule has 0 aromatic rings. The van der Waals surface area contributed by atoms with Crippen molar-refractivity contribution < 1.29 is 0 Å². The molecule has 0 atom stereocenters. The van der Waals surface area contributed by atoms with Gasteiger partial charge in [0.1, 0.15) is 0 Å². The minimum atomic E-state index is 1.08. The van der Waals surface area contributed by atoms with Crippen molar-refractivity contribution in [2.75, 3.05) is 11.0 Å². The molecule has 2 heteroatoms. The van der Waals surface area contributed by atoms with E-state index in [9.17, 15) is 0 Å². The third-order valence-corrected chi connectivity index (χ3v) is 1.47. The lowest BCUT2D eigenvalue weighted by Crippen LogP contribution is -2.12. The smallest absolute Gasteiger partial charge is 0.0233 e. The molecule has 0 aliphatic heterocycles. The normalized spacial score (nSPS) is 11.6. The van der Waals surface area contributed by atoms with E-state index in [1.807, 2.05) is 6.92 Å². The summed E-state index contributed by atoms with van der Waals surface area (Å²) in [5, 5.41) is 3.24. The zero-order valence-electron chi connectivity index (χ0n) is 5.37. The van der Waals surface area contributed by atoms with E-state index < -0.39 is 0 Å². The van der Waals surface area contributed by atoms with Gasteiger partial charge in [-0.05, 0) is 13.8 Å². The molecule has 0 aromatic heterocycles. The van der Waals surface area contributed by atoms with Gasteiger partial charge in [0, 0.05) is 16.7 Å². The monoisotopic (exact) mass is 225 g/mol. The molecule has 0 aliphatic carbocycles. The molecule has 48 valence electrons. The van der Waals surface area contributed by atoms with Crippen LogP contribution in [-0.2, 0) is 0 Å². The van der Waals surface area contributed by atoms with Crippen LogP contribution in [0.4, 0.5) is 0 Å². The fourth-order valence-corrected chi connectivity index (χ4v) is 0.616. The van der Waals surface area contributed by atoms with Crippen LogP contribution in [0.5, 0.6) is 0 Å². The summed E-state index contributed by atoms with van der Waals surface area (Å²) in [6.45, 7) is 5.19. The van der Waals surface area contributed by atoms with Gasteiger partial charge in [-0.15, -0.1) is 0 Å². The summed E-state index contributed by atoms with van der Waals surface area (Å²) in [5.74, 6) is 0. The molecule has 1 nitrogen and oxygen atoms in total. The van der Waals surface area contributed by atoms with Crippen molar-refractivity contribution in [2.45, 2.75) is 13.8 Å². The predicted molar refractivity (Wildman–Crippen MR) is 46.3 cm³/mol. The first-order chi connectivity index (χ1) is 3.81. The Morgan fingerprint density at radius 2 is 2.38 bits per heavy atom. The summed E-state index contributed by atoms with van der Waals surface area (Å²) >= 11 is 2.35. The van der Waals surface area contributed by atoms with Gasteiger partial charge in [-0.2, -0.15) is 0 Å². The highest BCUT2D eigenvalue weighted by Gasteiger charge is 1.80. The van der Waals surface area contributed by atoms with E-state index in [0.29, 0.717) is 0 Å². The highest BCUT2D eigenvalue weighted by molar-refractivity contribution is 14.1. The van der Waals surface area contributed by atoms with Crippen molar-refractivity contribution in [3.63, 3.8) is 0 Å². The van der Waals surface area contributed by atoms with Crippen LogP contribution in [0, 0.1) is 0 Å². The molecule has 1 N–H and O–H groups in total. The fraction of sp³-hybridized carbons (Fsp3) is 0.667. The third-order valence-electron chi connectivity index (χ3n) is 0.931. The van der Waals surface area contributed by atoms with Crippen LogP contribution in [0.1, 0.15) is 13.8 Å². The minimum Gasteiger partial charge on any atom is -0.388 e. The SMILES string of the molecule is C/C=C(\C)NCCI. The number of hydrogen-bond donors (Lipinski definition) is 1. The van der Waals surface area contributed by atoms with Crippen molar-refractivity contribution in [3.05, 3.63) is 11.8 Å². The van der Waals surface area contributed by atoms with E-state index in [-0.39, 0.29) is 0 Å². The van der Waals surface area contributed by atoms with Gasteiger partial charge < -0.3 is 5.32 Å². The molecule has 0 saturated carbocycles. The topological polar surface area (TPSA) is 12.0 Å². The molecular weight excluding hydrogens is 213 g/mol. The summed E-state index contributed by atoms with van der Waals surface area (Å²) in [5.41, 5.74) is 1.27. The lowest BCUT2D eigenvalue weighted by molar-refractivity contribution is 0.867. The molecular formula is C6H12IN. The Balaban J connectivity index is 3.12. The molecule has 0 bridgehead atoms. The first kappa shape index (κ1) is 8.27. The van der Waals surface area contributed by atoms with Crippen LogP contribution in [0.2, 0.25) is 0 Å². The standard InChI is InChI=1S/C6H12IN/c1-3-6(2)8-5-4-7/h3,8H,4-5H2,1-2H3/b6-3+. The third kappa shape index (κ3) is 4.43. The molecule has 0 unspecified atom stereocenters. The Hall–Kier alpha value is 0.270. The highest BCUT2D eigenvalue weighted by atomic mass is 127. The second kappa shape index (κ2) is 5.41. The van der Waals surface area contributed by atoms with Crippen LogP contribution in [0.25, 0.3) is 0 Å². The summed E-state index contributed by atoms with van der Waals surface area (Å²) in [6, 6.07) is 0. The van der Waals surface area contributed by atoms with Crippen molar-refractivity contribution in [2.24, 2.45) is 0 Å². The molecule has 0 saturated heterocycles. The van der Waals surface area contributed by atoms with Gasteiger partial charge in [0.15, 0.2) is 0 Å². The Bertz CT molecular complexity index is 78.6. The zero-order chi connectivity index (χ0) is 6.41. The summed E-state index contributed by atoms with van der Waals surface area (Å²) in [6.07, 6.45) is 2.08. The maximum absolute atomic E-state index is 3.24. The number of halogens is 1. The Morgan fingerprint density at radius 3 is 2.75 bits per heavy atom. The summed E-state index contributed by atoms with van der Waals surface area (Å²) < 4.78 is 1.17. The average Bonchev–Trinajstić information content (AvgIpc) is 1.83. The van der Waals surface area contributed by atoms with E-state index in [0.717, 1.165) is 6.54 Å². The average molecular weight is 225 g/mol. The minimum absolute atomic E-state index is 1.08. The highest BCUT2D eigenvalue weighted by Crippen LogP contribution is 1.84. The van der Waals surface area contributed by atoms with Gasteiger partial charge in [0.2, 0.25) is 0 Å². The second-order valence-corrected chi connectivity index (χ2v) is 2.67.